The largest absolute Gasteiger partial charge is 0.478 e. The van der Waals surface area contributed by atoms with Gasteiger partial charge < -0.3 is 5.11 Å². The van der Waals surface area contributed by atoms with Crippen LogP contribution >= 0.6 is 23.4 Å². The van der Waals surface area contributed by atoms with Gasteiger partial charge in [-0.1, -0.05) is 47.1 Å². The van der Waals surface area contributed by atoms with Crippen LogP contribution in [0, 0.1) is 13.8 Å². The minimum atomic E-state index is -1.00. The molecule has 0 aromatic heterocycles. The Balaban J connectivity index is 2.44. The summed E-state index contributed by atoms with van der Waals surface area (Å²) in [5.41, 5.74) is 2.47. The molecular formula is C15H13ClO2S. The normalized spacial score (nSPS) is 10.5. The van der Waals surface area contributed by atoms with Crippen molar-refractivity contribution in [1.82, 2.24) is 0 Å². The van der Waals surface area contributed by atoms with E-state index in [0.717, 1.165) is 10.5 Å². The molecule has 1 N–H and O–H groups in total. The van der Waals surface area contributed by atoms with E-state index in [1.807, 2.05) is 26.0 Å². The van der Waals surface area contributed by atoms with E-state index in [2.05, 4.69) is 6.07 Å². The van der Waals surface area contributed by atoms with Crippen LogP contribution in [0.3, 0.4) is 0 Å². The Labute approximate surface area is 121 Å². The Morgan fingerprint density at radius 3 is 2.53 bits per heavy atom. The first-order valence-corrected chi connectivity index (χ1v) is 6.95. The first-order valence-electron chi connectivity index (χ1n) is 5.76. The maximum absolute atomic E-state index is 11.3. The Morgan fingerprint density at radius 1 is 1.16 bits per heavy atom. The van der Waals surface area contributed by atoms with Crippen LogP contribution in [0.2, 0.25) is 5.02 Å². The lowest BCUT2D eigenvalue weighted by atomic mass is 10.2. The summed E-state index contributed by atoms with van der Waals surface area (Å²) >= 11 is 7.39. The van der Waals surface area contributed by atoms with Crippen LogP contribution in [0.15, 0.2) is 46.2 Å². The molecule has 0 bridgehead atoms. The van der Waals surface area contributed by atoms with Gasteiger partial charge in [0.15, 0.2) is 0 Å². The van der Waals surface area contributed by atoms with E-state index in [1.165, 1.54) is 17.3 Å². The second-order valence-electron chi connectivity index (χ2n) is 4.29. The lowest BCUT2D eigenvalue weighted by Crippen LogP contribution is -2.00. The van der Waals surface area contributed by atoms with Gasteiger partial charge in [0.25, 0.3) is 0 Å². The van der Waals surface area contributed by atoms with Crippen LogP contribution in [0.1, 0.15) is 21.5 Å². The maximum atomic E-state index is 11.3. The van der Waals surface area contributed by atoms with Crippen molar-refractivity contribution in [3.63, 3.8) is 0 Å². The zero-order valence-corrected chi connectivity index (χ0v) is 12.2. The zero-order chi connectivity index (χ0) is 14.0. The van der Waals surface area contributed by atoms with Gasteiger partial charge in [-0.25, -0.2) is 4.79 Å². The second-order valence-corrected chi connectivity index (χ2v) is 5.78. The van der Waals surface area contributed by atoms with E-state index in [1.54, 1.807) is 18.2 Å². The lowest BCUT2D eigenvalue weighted by Gasteiger charge is -2.10. The monoisotopic (exact) mass is 292 g/mol. The maximum Gasteiger partial charge on any atom is 0.338 e. The summed E-state index contributed by atoms with van der Waals surface area (Å²) in [4.78, 5) is 13.0. The van der Waals surface area contributed by atoms with E-state index in [4.69, 9.17) is 11.6 Å². The molecule has 0 aliphatic carbocycles. The average molecular weight is 293 g/mol. The van der Waals surface area contributed by atoms with Crippen molar-refractivity contribution in [2.24, 2.45) is 0 Å². The molecule has 2 rings (SSSR count). The van der Waals surface area contributed by atoms with Gasteiger partial charge in [0.05, 0.1) is 10.6 Å². The van der Waals surface area contributed by atoms with E-state index in [9.17, 15) is 9.90 Å². The third-order valence-electron chi connectivity index (χ3n) is 2.74. The highest BCUT2D eigenvalue weighted by molar-refractivity contribution is 7.99. The number of rotatable bonds is 3. The van der Waals surface area contributed by atoms with Crippen LogP contribution in [0.4, 0.5) is 0 Å². The molecule has 19 heavy (non-hydrogen) atoms. The van der Waals surface area contributed by atoms with Gasteiger partial charge in [0.2, 0.25) is 0 Å². The topological polar surface area (TPSA) is 37.3 Å². The van der Waals surface area contributed by atoms with Crippen molar-refractivity contribution in [3.8, 4) is 0 Å². The number of aromatic carboxylic acids is 1. The zero-order valence-electron chi connectivity index (χ0n) is 10.6. The first kappa shape index (κ1) is 14.0. The fourth-order valence-corrected chi connectivity index (χ4v) is 3.18. The van der Waals surface area contributed by atoms with Crippen molar-refractivity contribution in [2.45, 2.75) is 23.6 Å². The fraction of sp³-hybridized carbons (Fsp3) is 0.133. The predicted octanol–water partition coefficient (Wildman–Crippen LogP) is 4.81. The van der Waals surface area contributed by atoms with Gasteiger partial charge in [-0.05, 0) is 37.6 Å². The number of carboxylic acids is 1. The highest BCUT2D eigenvalue weighted by Gasteiger charge is 2.15. The fourth-order valence-electron chi connectivity index (χ4n) is 1.83. The van der Waals surface area contributed by atoms with Gasteiger partial charge in [-0.3, -0.25) is 0 Å². The van der Waals surface area contributed by atoms with Crippen LogP contribution < -0.4 is 0 Å². The quantitative estimate of drug-likeness (QED) is 0.882. The Morgan fingerprint density at radius 2 is 1.89 bits per heavy atom. The molecule has 0 saturated carbocycles. The summed E-state index contributed by atoms with van der Waals surface area (Å²) in [6, 6.07) is 11.2. The van der Waals surface area contributed by atoms with E-state index in [-0.39, 0.29) is 10.6 Å². The number of hydrogen-bond donors (Lipinski definition) is 1. The summed E-state index contributed by atoms with van der Waals surface area (Å²) in [7, 11) is 0. The number of carbonyl (C=O) groups is 1. The third-order valence-corrected chi connectivity index (χ3v) is 4.29. The van der Waals surface area contributed by atoms with Crippen molar-refractivity contribution in [2.75, 3.05) is 0 Å². The number of halogens is 1. The summed E-state index contributed by atoms with van der Waals surface area (Å²) < 4.78 is 0. The smallest absolute Gasteiger partial charge is 0.338 e. The number of aryl methyl sites for hydroxylation is 2. The lowest BCUT2D eigenvalue weighted by molar-refractivity contribution is 0.0693. The van der Waals surface area contributed by atoms with Crippen molar-refractivity contribution >= 4 is 29.3 Å². The minimum absolute atomic E-state index is 0.161. The molecule has 0 heterocycles. The Kier molecular flexibility index (Phi) is 4.17. The molecule has 4 heteroatoms. The highest BCUT2D eigenvalue weighted by atomic mass is 35.5. The number of benzene rings is 2. The molecule has 0 radical (unpaired) electrons. The molecule has 0 fully saturated rings. The molecule has 2 nitrogen and oxygen atoms in total. The molecule has 0 aliphatic heterocycles. The van der Waals surface area contributed by atoms with Crippen LogP contribution in [0.25, 0.3) is 0 Å². The summed E-state index contributed by atoms with van der Waals surface area (Å²) in [6.45, 7) is 4.05. The first-order chi connectivity index (χ1) is 8.99. The molecule has 98 valence electrons. The van der Waals surface area contributed by atoms with Gasteiger partial charge in [0, 0.05) is 9.79 Å². The number of carboxylic acid groups (broad SMARTS) is 1. The van der Waals surface area contributed by atoms with Gasteiger partial charge >= 0.3 is 5.97 Å². The Hall–Kier alpha value is -1.45. The van der Waals surface area contributed by atoms with E-state index >= 15 is 0 Å². The third kappa shape index (κ3) is 3.11. The summed E-state index contributed by atoms with van der Waals surface area (Å²) in [5.74, 6) is -1.00. The Bertz CT molecular complexity index is 638. The van der Waals surface area contributed by atoms with Crippen molar-refractivity contribution in [3.05, 3.63) is 58.1 Å². The van der Waals surface area contributed by atoms with Crippen molar-refractivity contribution < 1.29 is 9.90 Å². The van der Waals surface area contributed by atoms with Crippen LogP contribution in [0.5, 0.6) is 0 Å². The number of hydrogen-bond acceptors (Lipinski definition) is 2. The highest BCUT2D eigenvalue weighted by Crippen LogP contribution is 2.35. The molecule has 2 aromatic rings. The van der Waals surface area contributed by atoms with Gasteiger partial charge in [0.1, 0.15) is 0 Å². The summed E-state index contributed by atoms with van der Waals surface area (Å²) in [5, 5.41) is 9.51. The molecule has 2 aromatic carbocycles. The molecule has 0 aliphatic rings. The van der Waals surface area contributed by atoms with Gasteiger partial charge in [-0.15, -0.1) is 0 Å². The van der Waals surface area contributed by atoms with Gasteiger partial charge in [-0.2, -0.15) is 0 Å². The molecule has 0 unspecified atom stereocenters. The molecule has 0 amide bonds. The van der Waals surface area contributed by atoms with Crippen LogP contribution in [-0.2, 0) is 0 Å². The molecule has 0 atom stereocenters. The molecule has 0 saturated heterocycles. The minimum Gasteiger partial charge on any atom is -0.478 e. The van der Waals surface area contributed by atoms with Crippen molar-refractivity contribution in [1.29, 1.82) is 0 Å². The summed E-state index contributed by atoms with van der Waals surface area (Å²) in [6.07, 6.45) is 0. The molecule has 0 spiro atoms. The second kappa shape index (κ2) is 5.68. The van der Waals surface area contributed by atoms with Crippen LogP contribution in [-0.4, -0.2) is 11.1 Å². The van der Waals surface area contributed by atoms with E-state index in [0.29, 0.717) is 4.90 Å². The van der Waals surface area contributed by atoms with E-state index < -0.39 is 5.97 Å². The standard InChI is InChI=1S/C15H13ClO2S/c1-9-6-7-12(10(2)8-9)19-13-5-3-4-11(16)14(13)15(17)18/h3-8H,1-2H3,(H,17,18). The average Bonchev–Trinajstić information content (AvgIpc) is 2.32. The molecular weight excluding hydrogens is 280 g/mol. The SMILES string of the molecule is Cc1ccc(Sc2cccc(Cl)c2C(=O)O)c(C)c1. The predicted molar refractivity (Wildman–Crippen MR) is 78.5 cm³/mol.